The highest BCUT2D eigenvalue weighted by molar-refractivity contribution is 7.90. The molecule has 1 aliphatic carbocycles. The molecule has 1 saturated carbocycles. The lowest BCUT2D eigenvalue weighted by molar-refractivity contribution is -0.189. The Kier molecular flexibility index (Phi) is 8.13. The van der Waals surface area contributed by atoms with Crippen molar-refractivity contribution in [1.29, 1.82) is 0 Å². The molecule has 2 aromatic heterocycles. The predicted molar refractivity (Wildman–Crippen MR) is 166 cm³/mol. The maximum Gasteiger partial charge on any atom is 0.394 e. The summed E-state index contributed by atoms with van der Waals surface area (Å²) in [5.74, 6) is 0.627. The molecule has 5 heterocycles. The zero-order chi connectivity index (χ0) is 33.1. The van der Waals surface area contributed by atoms with E-state index >= 15 is 0 Å². The van der Waals surface area contributed by atoms with Gasteiger partial charge in [0.15, 0.2) is 5.03 Å². The van der Waals surface area contributed by atoms with Crippen LogP contribution in [0.1, 0.15) is 69.7 Å². The van der Waals surface area contributed by atoms with Crippen LogP contribution >= 0.6 is 0 Å². The van der Waals surface area contributed by atoms with Gasteiger partial charge in [-0.3, -0.25) is 9.69 Å². The Bertz CT molecular complexity index is 1630. The van der Waals surface area contributed by atoms with Gasteiger partial charge in [0.25, 0.3) is 15.9 Å². The first-order valence-electron chi connectivity index (χ1n) is 15.8. The molecule has 4 aliphatic rings. The highest BCUT2D eigenvalue weighted by Gasteiger charge is 2.62. The van der Waals surface area contributed by atoms with Crippen molar-refractivity contribution in [2.45, 2.75) is 76.0 Å². The lowest BCUT2D eigenvalue weighted by Gasteiger charge is -2.34. The van der Waals surface area contributed by atoms with Crippen LogP contribution in [0.4, 0.5) is 35.4 Å². The fourth-order valence-electron chi connectivity index (χ4n) is 7.02. The van der Waals surface area contributed by atoms with Crippen LogP contribution in [0.5, 0.6) is 0 Å². The standard InChI is InChI=1S/C31H40F3N7O4S/c1-20-10-14-35-23-6-4-7-25(36-23)46(44,45)38-27(42)22-8-9-24(37-26(22)41-19-21(20)18-29(41,2)3)40-17-16-39(28(40)43)15-5-11-30(12-13-30)31(32,33)34/h4,6-9,20-21H,5,10-19H2,1-3H3,(H,35,36)(H,38,42)/t20-,21?/m0/s1. The minimum absolute atomic E-state index is 0.00506. The summed E-state index contributed by atoms with van der Waals surface area (Å²) in [4.78, 5) is 41.1. The van der Waals surface area contributed by atoms with Crippen molar-refractivity contribution in [2.75, 3.05) is 47.8 Å². The summed E-state index contributed by atoms with van der Waals surface area (Å²) in [6.45, 7) is 8.28. The normalized spacial score (nSPS) is 25.3. The van der Waals surface area contributed by atoms with E-state index in [0.29, 0.717) is 31.3 Å². The number of aromatic nitrogens is 2. The minimum Gasteiger partial charge on any atom is -0.370 e. The molecule has 3 aliphatic heterocycles. The van der Waals surface area contributed by atoms with E-state index in [1.807, 2.05) is 4.90 Å². The van der Waals surface area contributed by atoms with Gasteiger partial charge in [-0.05, 0) is 88.5 Å². The fourth-order valence-corrected chi connectivity index (χ4v) is 7.95. The van der Waals surface area contributed by atoms with Crippen molar-refractivity contribution in [3.63, 3.8) is 0 Å². The summed E-state index contributed by atoms with van der Waals surface area (Å²) in [7, 11) is -4.33. The molecular formula is C31H40F3N7O4S. The van der Waals surface area contributed by atoms with Crippen LogP contribution in [0.15, 0.2) is 35.4 Å². The molecule has 2 N–H and O–H groups in total. The van der Waals surface area contributed by atoms with E-state index in [-0.39, 0.29) is 73.0 Å². The van der Waals surface area contributed by atoms with Crippen molar-refractivity contribution in [3.05, 3.63) is 35.9 Å². The molecule has 0 radical (unpaired) electrons. The zero-order valence-electron chi connectivity index (χ0n) is 26.2. The van der Waals surface area contributed by atoms with E-state index in [1.165, 1.54) is 28.0 Å². The SMILES string of the molecule is C[C@H]1CCNc2cccc(n2)S(=O)(=O)NC(=O)c2ccc(N3CCN(CCCC4(C(F)(F)F)CC4)C3=O)nc2N2CC1CC2(C)C. The Labute approximate surface area is 267 Å². The molecular weight excluding hydrogens is 623 g/mol. The van der Waals surface area contributed by atoms with Gasteiger partial charge in [0, 0.05) is 38.3 Å². The second kappa shape index (κ2) is 11.6. The number of amides is 3. The number of hydrogen-bond donors (Lipinski definition) is 2. The Balaban J connectivity index is 1.29. The number of rotatable bonds is 5. The average Bonchev–Trinajstić information content (AvgIpc) is 3.61. The highest BCUT2D eigenvalue weighted by atomic mass is 32.2. The van der Waals surface area contributed by atoms with E-state index in [4.69, 9.17) is 4.98 Å². The summed E-state index contributed by atoms with van der Waals surface area (Å²) in [6, 6.07) is 7.18. The quantitative estimate of drug-likeness (QED) is 0.457. The smallest absolute Gasteiger partial charge is 0.370 e. The van der Waals surface area contributed by atoms with Crippen molar-refractivity contribution in [3.8, 4) is 0 Å². The number of nitrogens with zero attached hydrogens (tertiary/aromatic N) is 5. The monoisotopic (exact) mass is 663 g/mol. The molecule has 6 rings (SSSR count). The number of carbonyl (C=O) groups excluding carboxylic acids is 2. The third-order valence-electron chi connectivity index (χ3n) is 10.1. The van der Waals surface area contributed by atoms with E-state index < -0.39 is 33.1 Å². The number of carbonyl (C=O) groups is 2. The number of fused-ring (bicyclic) bond motifs is 6. The second-order valence-electron chi connectivity index (χ2n) is 13.7. The van der Waals surface area contributed by atoms with Gasteiger partial charge in [-0.25, -0.2) is 19.5 Å². The van der Waals surface area contributed by atoms with E-state index in [0.717, 1.165) is 12.8 Å². The van der Waals surface area contributed by atoms with Gasteiger partial charge < -0.3 is 15.1 Å². The van der Waals surface area contributed by atoms with Gasteiger partial charge >= 0.3 is 12.2 Å². The van der Waals surface area contributed by atoms with Gasteiger partial charge in [-0.15, -0.1) is 0 Å². The number of urea groups is 1. The molecule has 2 saturated heterocycles. The van der Waals surface area contributed by atoms with Gasteiger partial charge in [0.1, 0.15) is 17.5 Å². The van der Waals surface area contributed by atoms with E-state index in [1.54, 1.807) is 12.1 Å². The largest absolute Gasteiger partial charge is 0.394 e. The van der Waals surface area contributed by atoms with Crippen LogP contribution in [0, 0.1) is 17.3 Å². The van der Waals surface area contributed by atoms with Gasteiger partial charge in [-0.2, -0.15) is 21.6 Å². The van der Waals surface area contributed by atoms with E-state index in [2.05, 4.69) is 35.8 Å². The maximum absolute atomic E-state index is 13.7. The summed E-state index contributed by atoms with van der Waals surface area (Å²) in [5.41, 5.74) is -2.00. The minimum atomic E-state index is -4.33. The van der Waals surface area contributed by atoms with Crippen molar-refractivity contribution < 1.29 is 31.2 Å². The Hall–Kier alpha value is -3.62. The van der Waals surface area contributed by atoms with Crippen LogP contribution in [0.2, 0.25) is 0 Å². The third-order valence-corrected chi connectivity index (χ3v) is 11.3. The molecule has 3 amide bonds. The molecule has 1 unspecified atom stereocenters. The Morgan fingerprint density at radius 1 is 1.07 bits per heavy atom. The maximum atomic E-state index is 13.7. The topological polar surface area (TPSA) is 128 Å². The van der Waals surface area contributed by atoms with Gasteiger partial charge in [0.05, 0.1) is 11.0 Å². The molecule has 3 fully saturated rings. The lowest BCUT2D eigenvalue weighted by atomic mass is 9.86. The number of sulfonamides is 1. The molecule has 46 heavy (non-hydrogen) atoms. The number of pyridine rings is 2. The Morgan fingerprint density at radius 3 is 2.54 bits per heavy atom. The summed E-state index contributed by atoms with van der Waals surface area (Å²) in [5, 5.41) is 2.90. The first kappa shape index (κ1) is 32.3. The Morgan fingerprint density at radius 2 is 1.83 bits per heavy atom. The van der Waals surface area contributed by atoms with Crippen LogP contribution in [-0.2, 0) is 10.0 Å². The molecule has 2 aromatic rings. The third kappa shape index (κ3) is 6.09. The first-order chi connectivity index (χ1) is 21.6. The summed E-state index contributed by atoms with van der Waals surface area (Å²) in [6.07, 6.45) is -2.09. The highest BCUT2D eigenvalue weighted by Crippen LogP contribution is 2.60. The number of halogens is 3. The van der Waals surface area contributed by atoms with Crippen LogP contribution in [-0.4, -0.2) is 79.7 Å². The zero-order valence-corrected chi connectivity index (χ0v) is 27.0. The van der Waals surface area contributed by atoms with Crippen LogP contribution in [0.25, 0.3) is 0 Å². The average molecular weight is 664 g/mol. The first-order valence-corrected chi connectivity index (χ1v) is 17.3. The predicted octanol–water partition coefficient (Wildman–Crippen LogP) is 5.02. The number of anilines is 3. The molecule has 15 heteroatoms. The summed E-state index contributed by atoms with van der Waals surface area (Å²) < 4.78 is 68.8. The number of nitrogens with one attached hydrogen (secondary N) is 2. The van der Waals surface area contributed by atoms with Gasteiger partial charge in [-0.1, -0.05) is 13.0 Å². The fraction of sp³-hybridized carbons (Fsp3) is 0.613. The van der Waals surface area contributed by atoms with Gasteiger partial charge in [0.2, 0.25) is 0 Å². The second-order valence-corrected chi connectivity index (χ2v) is 15.3. The lowest BCUT2D eigenvalue weighted by Crippen LogP contribution is -2.41. The number of alkyl halides is 3. The molecule has 4 bridgehead atoms. The van der Waals surface area contributed by atoms with Crippen LogP contribution < -0.4 is 19.8 Å². The van der Waals surface area contributed by atoms with E-state index in [9.17, 15) is 31.2 Å². The van der Waals surface area contributed by atoms with Crippen molar-refractivity contribution in [2.24, 2.45) is 17.3 Å². The molecule has 0 aromatic carbocycles. The number of hydrogen-bond acceptors (Lipinski definition) is 8. The molecule has 2 atom stereocenters. The molecule has 250 valence electrons. The summed E-state index contributed by atoms with van der Waals surface area (Å²) >= 11 is 0. The van der Waals surface area contributed by atoms with Crippen molar-refractivity contribution in [1.82, 2.24) is 19.6 Å². The molecule has 0 spiro atoms. The molecule has 11 nitrogen and oxygen atoms in total. The van der Waals surface area contributed by atoms with Crippen molar-refractivity contribution >= 4 is 39.4 Å². The van der Waals surface area contributed by atoms with Crippen LogP contribution in [0.3, 0.4) is 0 Å².